The maximum absolute atomic E-state index is 12.2. The molecular weight excluding hydrogens is 302 g/mol. The van der Waals surface area contributed by atoms with Crippen molar-refractivity contribution in [2.24, 2.45) is 0 Å². The molecule has 2 aromatic heterocycles. The first-order chi connectivity index (χ1) is 10.6. The molecule has 0 spiro atoms. The zero-order valence-corrected chi connectivity index (χ0v) is 12.4. The Balaban J connectivity index is 1.83. The molecule has 2 heterocycles. The van der Waals surface area contributed by atoms with Crippen LogP contribution in [0, 0.1) is 0 Å². The fourth-order valence-electron chi connectivity index (χ4n) is 1.97. The molecule has 0 aliphatic heterocycles. The average molecular weight is 314 g/mol. The summed E-state index contributed by atoms with van der Waals surface area (Å²) in [5, 5.41) is 11.1. The molecule has 3 rings (SSSR count). The number of hydrogen-bond acceptors (Lipinski definition) is 5. The first-order valence-electron chi connectivity index (χ1n) is 6.65. The van der Waals surface area contributed by atoms with E-state index in [1.807, 2.05) is 25.1 Å². The van der Waals surface area contributed by atoms with Crippen LogP contribution in [-0.2, 0) is 0 Å². The predicted octanol–water partition coefficient (Wildman–Crippen LogP) is 2.56. The van der Waals surface area contributed by atoms with Gasteiger partial charge in [-0.25, -0.2) is 4.98 Å². The van der Waals surface area contributed by atoms with Gasteiger partial charge in [0.2, 0.25) is 5.82 Å². The molecule has 110 valence electrons. The molecule has 1 N–H and O–H groups in total. The molecule has 0 unspecified atom stereocenters. The number of nitrogens with one attached hydrogen (secondary N) is 1. The van der Waals surface area contributed by atoms with E-state index in [2.05, 4.69) is 25.5 Å². The lowest BCUT2D eigenvalue weighted by molar-refractivity contribution is 0.0928. The number of nitrogens with zero attached hydrogens (tertiary/aromatic N) is 4. The van der Waals surface area contributed by atoms with Crippen molar-refractivity contribution in [3.8, 4) is 0 Å². The maximum atomic E-state index is 12.2. The molecule has 22 heavy (non-hydrogen) atoms. The van der Waals surface area contributed by atoms with Crippen LogP contribution in [0.1, 0.15) is 29.3 Å². The minimum absolute atomic E-state index is 0.00227. The summed E-state index contributed by atoms with van der Waals surface area (Å²) in [7, 11) is 0. The Bertz CT molecular complexity index is 825. The Labute approximate surface area is 131 Å². The van der Waals surface area contributed by atoms with Crippen molar-refractivity contribution in [3.05, 3.63) is 59.1 Å². The van der Waals surface area contributed by atoms with Crippen molar-refractivity contribution in [2.45, 2.75) is 13.0 Å². The highest BCUT2D eigenvalue weighted by Crippen LogP contribution is 2.15. The van der Waals surface area contributed by atoms with Crippen LogP contribution < -0.4 is 5.32 Å². The third-order valence-electron chi connectivity index (χ3n) is 3.10. The van der Waals surface area contributed by atoms with Crippen LogP contribution in [0.15, 0.2) is 42.6 Å². The summed E-state index contributed by atoms with van der Waals surface area (Å²) in [5.74, 6) is -0.412. The molecule has 1 amide bonds. The van der Waals surface area contributed by atoms with Gasteiger partial charge in [-0.2, -0.15) is 0 Å². The minimum Gasteiger partial charge on any atom is -0.341 e. The Morgan fingerprint density at radius 3 is 2.82 bits per heavy atom. The summed E-state index contributed by atoms with van der Waals surface area (Å²) in [6.45, 7) is 1.84. The number of rotatable bonds is 3. The van der Waals surface area contributed by atoms with E-state index in [4.69, 9.17) is 11.6 Å². The largest absolute Gasteiger partial charge is 0.341 e. The molecule has 0 radical (unpaired) electrons. The third kappa shape index (κ3) is 3.01. The van der Waals surface area contributed by atoms with E-state index in [0.717, 1.165) is 5.69 Å². The smallest absolute Gasteiger partial charge is 0.291 e. The maximum Gasteiger partial charge on any atom is 0.291 e. The van der Waals surface area contributed by atoms with Crippen molar-refractivity contribution in [1.82, 2.24) is 25.5 Å². The number of halogens is 1. The second-order valence-corrected chi connectivity index (χ2v) is 5.15. The summed E-state index contributed by atoms with van der Waals surface area (Å²) in [4.78, 5) is 20.6. The number of hydrogen-bond donors (Lipinski definition) is 1. The second kappa shape index (κ2) is 6.03. The molecule has 0 aliphatic rings. The van der Waals surface area contributed by atoms with E-state index >= 15 is 0 Å². The zero-order valence-electron chi connectivity index (χ0n) is 11.7. The SMILES string of the molecule is C[C@@H](NC(=O)c1nnc2ccc(Cl)cc2n1)c1ccccn1. The molecule has 0 saturated heterocycles. The van der Waals surface area contributed by atoms with Crippen molar-refractivity contribution in [3.63, 3.8) is 0 Å². The first-order valence-corrected chi connectivity index (χ1v) is 7.03. The number of carbonyl (C=O) groups excluding carboxylic acids is 1. The van der Waals surface area contributed by atoms with Gasteiger partial charge >= 0.3 is 0 Å². The molecule has 0 aliphatic carbocycles. The molecule has 0 saturated carbocycles. The Kier molecular flexibility index (Phi) is 3.93. The van der Waals surface area contributed by atoms with Gasteiger partial charge in [0.15, 0.2) is 0 Å². The molecule has 6 nitrogen and oxygen atoms in total. The van der Waals surface area contributed by atoms with Crippen molar-refractivity contribution in [1.29, 1.82) is 0 Å². The Morgan fingerprint density at radius 1 is 1.18 bits per heavy atom. The van der Waals surface area contributed by atoms with E-state index < -0.39 is 5.91 Å². The van der Waals surface area contributed by atoms with Gasteiger partial charge in [-0.3, -0.25) is 9.78 Å². The average Bonchev–Trinajstić information content (AvgIpc) is 2.54. The zero-order chi connectivity index (χ0) is 15.5. The number of benzene rings is 1. The van der Waals surface area contributed by atoms with Gasteiger partial charge in [0, 0.05) is 11.2 Å². The topological polar surface area (TPSA) is 80.7 Å². The normalized spacial score (nSPS) is 12.1. The number of amides is 1. The number of fused-ring (bicyclic) bond motifs is 1. The van der Waals surface area contributed by atoms with Crippen LogP contribution in [0.4, 0.5) is 0 Å². The van der Waals surface area contributed by atoms with Crippen LogP contribution in [0.2, 0.25) is 5.02 Å². The second-order valence-electron chi connectivity index (χ2n) is 4.72. The summed E-state index contributed by atoms with van der Waals surface area (Å²) >= 11 is 5.92. The molecule has 1 atom stereocenters. The number of carbonyl (C=O) groups is 1. The molecule has 1 aromatic carbocycles. The minimum atomic E-state index is -0.410. The lowest BCUT2D eigenvalue weighted by Gasteiger charge is -2.12. The van der Waals surface area contributed by atoms with Gasteiger partial charge < -0.3 is 5.32 Å². The molecule has 0 fully saturated rings. The van der Waals surface area contributed by atoms with Crippen LogP contribution in [0.5, 0.6) is 0 Å². The standard InChI is InChI=1S/C15H12ClN5O/c1-9(11-4-2-3-7-17-11)18-15(22)14-19-13-8-10(16)5-6-12(13)20-21-14/h2-9H,1H3,(H,18,22)/t9-/m1/s1. The van der Waals surface area contributed by atoms with Crippen molar-refractivity contribution in [2.75, 3.05) is 0 Å². The first kappa shape index (κ1) is 14.3. The highest BCUT2D eigenvalue weighted by molar-refractivity contribution is 6.31. The molecule has 3 aromatic rings. The fraction of sp³-hybridized carbons (Fsp3) is 0.133. The number of pyridine rings is 1. The van der Waals surface area contributed by atoms with E-state index in [0.29, 0.717) is 16.1 Å². The highest BCUT2D eigenvalue weighted by atomic mass is 35.5. The summed E-state index contributed by atoms with van der Waals surface area (Å²) in [5.41, 5.74) is 1.87. The molecular formula is C15H12ClN5O. The summed E-state index contributed by atoms with van der Waals surface area (Å²) in [6.07, 6.45) is 1.67. The van der Waals surface area contributed by atoms with E-state index in [-0.39, 0.29) is 11.9 Å². The quantitative estimate of drug-likeness (QED) is 0.803. The van der Waals surface area contributed by atoms with Gasteiger partial charge in [-0.1, -0.05) is 17.7 Å². The Morgan fingerprint density at radius 2 is 2.05 bits per heavy atom. The summed E-state index contributed by atoms with van der Waals surface area (Å²) < 4.78 is 0. The van der Waals surface area contributed by atoms with Gasteiger partial charge in [-0.15, -0.1) is 10.2 Å². The number of aromatic nitrogens is 4. The highest BCUT2D eigenvalue weighted by Gasteiger charge is 2.15. The third-order valence-corrected chi connectivity index (χ3v) is 3.33. The predicted molar refractivity (Wildman–Crippen MR) is 82.5 cm³/mol. The fourth-order valence-corrected chi connectivity index (χ4v) is 2.14. The van der Waals surface area contributed by atoms with Crippen LogP contribution >= 0.6 is 11.6 Å². The van der Waals surface area contributed by atoms with Gasteiger partial charge in [0.05, 0.1) is 17.3 Å². The van der Waals surface area contributed by atoms with Gasteiger partial charge in [0.1, 0.15) is 5.52 Å². The lowest BCUT2D eigenvalue weighted by Crippen LogP contribution is -2.29. The van der Waals surface area contributed by atoms with Crippen LogP contribution in [-0.4, -0.2) is 26.1 Å². The van der Waals surface area contributed by atoms with Crippen LogP contribution in [0.3, 0.4) is 0 Å². The van der Waals surface area contributed by atoms with Gasteiger partial charge in [-0.05, 0) is 37.3 Å². The monoisotopic (exact) mass is 313 g/mol. The van der Waals surface area contributed by atoms with Crippen molar-refractivity contribution < 1.29 is 4.79 Å². The lowest BCUT2D eigenvalue weighted by atomic mass is 10.2. The van der Waals surface area contributed by atoms with Gasteiger partial charge in [0.25, 0.3) is 5.91 Å². The van der Waals surface area contributed by atoms with Crippen LogP contribution in [0.25, 0.3) is 11.0 Å². The van der Waals surface area contributed by atoms with Crippen molar-refractivity contribution >= 4 is 28.5 Å². The van der Waals surface area contributed by atoms with E-state index in [1.54, 1.807) is 24.4 Å². The summed E-state index contributed by atoms with van der Waals surface area (Å²) in [6, 6.07) is 10.3. The molecule has 0 bridgehead atoms. The Hall–Kier alpha value is -2.60. The molecule has 7 heteroatoms. The van der Waals surface area contributed by atoms with E-state index in [1.165, 1.54) is 0 Å². The van der Waals surface area contributed by atoms with E-state index in [9.17, 15) is 4.79 Å².